The number of thioether (sulfide) groups is 1. The Bertz CT molecular complexity index is 628. The number of nitrogens with zero attached hydrogens (tertiary/aromatic N) is 2. The maximum absolute atomic E-state index is 13.7. The number of rotatable bonds is 3. The molecule has 0 radical (unpaired) electrons. The first-order valence-electron chi connectivity index (χ1n) is 5.65. The average Bonchev–Trinajstić information content (AvgIpc) is 2.89. The quantitative estimate of drug-likeness (QED) is 0.697. The molecule has 0 unspecified atom stereocenters. The van der Waals surface area contributed by atoms with Gasteiger partial charge in [-0.1, -0.05) is 6.07 Å². The van der Waals surface area contributed by atoms with Gasteiger partial charge in [0.2, 0.25) is 0 Å². The largest absolute Gasteiger partial charge is 0.446 e. The maximum Gasteiger partial charge on any atom is 0.446 e. The summed E-state index contributed by atoms with van der Waals surface area (Å²) in [6, 6.07) is 2.63. The maximum atomic E-state index is 13.7. The van der Waals surface area contributed by atoms with Crippen LogP contribution < -0.4 is 5.32 Å². The van der Waals surface area contributed by atoms with Crippen molar-refractivity contribution < 1.29 is 22.4 Å². The summed E-state index contributed by atoms with van der Waals surface area (Å²) in [5.41, 5.74) is -4.38. The van der Waals surface area contributed by atoms with Crippen LogP contribution in [0.15, 0.2) is 41.8 Å². The van der Waals surface area contributed by atoms with Crippen LogP contribution in [0.25, 0.3) is 0 Å². The first-order valence-corrected chi connectivity index (χ1v) is 6.47. The van der Waals surface area contributed by atoms with Crippen LogP contribution in [0.1, 0.15) is 5.56 Å². The molecule has 0 saturated heterocycles. The predicted molar refractivity (Wildman–Crippen MR) is 68.2 cm³/mol. The molecule has 0 spiro atoms. The van der Waals surface area contributed by atoms with E-state index < -0.39 is 29.1 Å². The number of amides is 1. The lowest BCUT2D eigenvalue weighted by molar-refractivity contribution is -0.0328. The lowest BCUT2D eigenvalue weighted by Crippen LogP contribution is -2.27. The van der Waals surface area contributed by atoms with Crippen LogP contribution in [0.5, 0.6) is 0 Å². The molecule has 0 aliphatic heterocycles. The van der Waals surface area contributed by atoms with Gasteiger partial charge in [-0.3, -0.25) is 4.57 Å². The molecule has 9 heteroatoms. The van der Waals surface area contributed by atoms with E-state index in [0.29, 0.717) is 0 Å². The fourth-order valence-corrected chi connectivity index (χ4v) is 2.08. The second-order valence-electron chi connectivity index (χ2n) is 3.93. The van der Waals surface area contributed by atoms with Crippen LogP contribution in [0.4, 0.5) is 22.4 Å². The van der Waals surface area contributed by atoms with Gasteiger partial charge in [-0.2, -0.15) is 13.2 Å². The number of aromatic nitrogens is 2. The predicted octanol–water partition coefficient (Wildman–Crippen LogP) is 3.39. The molecule has 2 aromatic rings. The summed E-state index contributed by atoms with van der Waals surface area (Å²) in [6.07, 6.45) is 4.09. The summed E-state index contributed by atoms with van der Waals surface area (Å²) in [5.74, 6) is -0.810. The van der Waals surface area contributed by atoms with E-state index in [0.717, 1.165) is 16.7 Å². The Hall–Kier alpha value is -2.03. The van der Waals surface area contributed by atoms with E-state index in [1.165, 1.54) is 24.8 Å². The standard InChI is InChI=1S/C12H9F4N3OS/c13-10-5-9(21-12(14,15)16)2-1-8(10)6-18-11(20)19-4-3-17-7-19/h1-5,7H,6H2,(H,18,20). The van der Waals surface area contributed by atoms with Crippen LogP contribution in [-0.2, 0) is 6.54 Å². The highest BCUT2D eigenvalue weighted by atomic mass is 32.2. The molecule has 0 bridgehead atoms. The zero-order chi connectivity index (χ0) is 15.5. The van der Waals surface area contributed by atoms with E-state index in [1.54, 1.807) is 0 Å². The van der Waals surface area contributed by atoms with Crippen LogP contribution >= 0.6 is 11.8 Å². The number of alkyl halides is 3. The van der Waals surface area contributed by atoms with E-state index in [2.05, 4.69) is 10.3 Å². The molecule has 0 atom stereocenters. The Balaban J connectivity index is 2.00. The van der Waals surface area contributed by atoms with Gasteiger partial charge in [0.1, 0.15) is 12.1 Å². The number of carbonyl (C=O) groups excluding carboxylic acids is 1. The van der Waals surface area contributed by atoms with Gasteiger partial charge >= 0.3 is 11.5 Å². The number of benzene rings is 1. The fraction of sp³-hybridized carbons (Fsp3) is 0.167. The number of carbonyl (C=O) groups is 1. The fourth-order valence-electron chi connectivity index (χ4n) is 1.51. The van der Waals surface area contributed by atoms with E-state index in [4.69, 9.17) is 0 Å². The van der Waals surface area contributed by atoms with Gasteiger partial charge in [0, 0.05) is 29.4 Å². The summed E-state index contributed by atoms with van der Waals surface area (Å²) in [5, 5.41) is 2.42. The van der Waals surface area contributed by atoms with Crippen molar-refractivity contribution in [3.63, 3.8) is 0 Å². The number of imidazole rings is 1. The van der Waals surface area contributed by atoms with Crippen LogP contribution in [0, 0.1) is 5.82 Å². The van der Waals surface area contributed by atoms with Crippen molar-refractivity contribution in [2.45, 2.75) is 16.9 Å². The number of hydrogen-bond donors (Lipinski definition) is 1. The molecular weight excluding hydrogens is 310 g/mol. The normalized spacial score (nSPS) is 11.4. The van der Waals surface area contributed by atoms with Crippen LogP contribution in [-0.4, -0.2) is 21.1 Å². The second-order valence-corrected chi connectivity index (χ2v) is 5.07. The molecule has 0 saturated carbocycles. The van der Waals surface area contributed by atoms with Crippen molar-refractivity contribution in [2.24, 2.45) is 0 Å². The van der Waals surface area contributed by atoms with Crippen molar-refractivity contribution in [1.82, 2.24) is 14.9 Å². The third kappa shape index (κ3) is 4.48. The van der Waals surface area contributed by atoms with Gasteiger partial charge in [-0.15, -0.1) is 0 Å². The van der Waals surface area contributed by atoms with Gasteiger partial charge in [-0.25, -0.2) is 14.2 Å². The molecule has 0 fully saturated rings. The van der Waals surface area contributed by atoms with E-state index in [1.807, 2.05) is 0 Å². The van der Waals surface area contributed by atoms with Crippen LogP contribution in [0.3, 0.4) is 0 Å². The Morgan fingerprint density at radius 2 is 2.14 bits per heavy atom. The van der Waals surface area contributed by atoms with Gasteiger partial charge in [-0.05, 0) is 23.9 Å². The molecule has 1 aromatic carbocycles. The zero-order valence-electron chi connectivity index (χ0n) is 10.4. The Kier molecular flexibility index (Phi) is 4.51. The van der Waals surface area contributed by atoms with E-state index in [9.17, 15) is 22.4 Å². The lowest BCUT2D eigenvalue weighted by Gasteiger charge is -2.09. The summed E-state index contributed by atoms with van der Waals surface area (Å²) in [6.45, 7) is -0.139. The summed E-state index contributed by atoms with van der Waals surface area (Å²) < 4.78 is 51.3. The second kappa shape index (κ2) is 6.17. The van der Waals surface area contributed by atoms with Crippen molar-refractivity contribution in [1.29, 1.82) is 0 Å². The lowest BCUT2D eigenvalue weighted by atomic mass is 10.2. The topological polar surface area (TPSA) is 46.9 Å². The minimum Gasteiger partial charge on any atom is -0.333 e. The monoisotopic (exact) mass is 319 g/mol. The first kappa shape index (κ1) is 15.4. The highest BCUT2D eigenvalue weighted by molar-refractivity contribution is 8.00. The first-order chi connectivity index (χ1) is 9.85. The van der Waals surface area contributed by atoms with Crippen molar-refractivity contribution in [2.75, 3.05) is 0 Å². The smallest absolute Gasteiger partial charge is 0.333 e. The van der Waals surface area contributed by atoms with Gasteiger partial charge in [0.15, 0.2) is 0 Å². The van der Waals surface area contributed by atoms with Gasteiger partial charge < -0.3 is 5.32 Å². The molecule has 1 heterocycles. The summed E-state index contributed by atoms with van der Waals surface area (Å²) in [7, 11) is 0. The third-order valence-electron chi connectivity index (χ3n) is 2.43. The van der Waals surface area contributed by atoms with Crippen molar-refractivity contribution in [3.05, 3.63) is 48.3 Å². The highest BCUT2D eigenvalue weighted by Gasteiger charge is 2.29. The molecule has 4 nitrogen and oxygen atoms in total. The molecule has 112 valence electrons. The Morgan fingerprint density at radius 1 is 1.38 bits per heavy atom. The number of halogens is 4. The third-order valence-corrected chi connectivity index (χ3v) is 3.15. The molecule has 0 aliphatic carbocycles. The molecular formula is C12H9F4N3OS. The molecule has 0 aliphatic rings. The van der Waals surface area contributed by atoms with Crippen molar-refractivity contribution >= 4 is 17.8 Å². The average molecular weight is 319 g/mol. The SMILES string of the molecule is O=C(NCc1ccc(SC(F)(F)F)cc1F)n1ccnc1. The van der Waals surface area contributed by atoms with E-state index in [-0.39, 0.29) is 17.0 Å². The summed E-state index contributed by atoms with van der Waals surface area (Å²) in [4.78, 5) is 15.0. The molecule has 1 N–H and O–H groups in total. The summed E-state index contributed by atoms with van der Waals surface area (Å²) >= 11 is -0.394. The van der Waals surface area contributed by atoms with Crippen molar-refractivity contribution in [3.8, 4) is 0 Å². The number of hydrogen-bond acceptors (Lipinski definition) is 3. The van der Waals surface area contributed by atoms with Gasteiger partial charge in [0.05, 0.1) is 0 Å². The molecule has 21 heavy (non-hydrogen) atoms. The Labute approximate surface area is 121 Å². The molecule has 2 rings (SSSR count). The van der Waals surface area contributed by atoms with E-state index >= 15 is 0 Å². The number of nitrogens with one attached hydrogen (secondary N) is 1. The minimum absolute atomic E-state index is 0.0926. The van der Waals surface area contributed by atoms with Gasteiger partial charge in [0.25, 0.3) is 0 Å². The Morgan fingerprint density at radius 3 is 2.71 bits per heavy atom. The minimum atomic E-state index is -4.47. The highest BCUT2D eigenvalue weighted by Crippen LogP contribution is 2.37. The molecule has 1 aromatic heterocycles. The zero-order valence-corrected chi connectivity index (χ0v) is 11.2. The van der Waals surface area contributed by atoms with Crippen LogP contribution in [0.2, 0.25) is 0 Å². The molecule has 1 amide bonds.